The van der Waals surface area contributed by atoms with Crippen molar-refractivity contribution >= 4 is 34.2 Å². The summed E-state index contributed by atoms with van der Waals surface area (Å²) in [5, 5.41) is 11.7. The monoisotopic (exact) mass is 415 g/mol. The molecule has 0 saturated carbocycles. The summed E-state index contributed by atoms with van der Waals surface area (Å²) < 4.78 is 10.9. The average molecular weight is 415 g/mol. The predicted molar refractivity (Wildman–Crippen MR) is 112 cm³/mol. The van der Waals surface area contributed by atoms with Crippen molar-refractivity contribution in [3.05, 3.63) is 58.6 Å². The molecule has 0 N–H and O–H groups in total. The van der Waals surface area contributed by atoms with Crippen LogP contribution in [0.25, 0.3) is 0 Å². The minimum Gasteiger partial charge on any atom is -0.494 e. The van der Waals surface area contributed by atoms with Crippen LogP contribution in [0.2, 0.25) is 0 Å². The first-order valence-corrected chi connectivity index (χ1v) is 10.1. The highest BCUT2D eigenvalue weighted by Crippen LogP contribution is 2.29. The standard InChI is InChI=1S/C20H21N3O5S/c1-3-27-16-10-8-15(9-11-16)21-20-22(14(2)13-29-20)19(24)12-28-18-7-5-4-6-17(18)23(25)26/h4-11,14H,3,12-13H2,1-2H3/t14-/m0/s1. The summed E-state index contributed by atoms with van der Waals surface area (Å²) in [7, 11) is 0. The number of ether oxygens (including phenoxy) is 2. The van der Waals surface area contributed by atoms with Crippen LogP contribution in [0.5, 0.6) is 11.5 Å². The lowest BCUT2D eigenvalue weighted by Crippen LogP contribution is -2.40. The highest BCUT2D eigenvalue weighted by Gasteiger charge is 2.32. The fraction of sp³-hybridized carbons (Fsp3) is 0.300. The van der Waals surface area contributed by atoms with Gasteiger partial charge >= 0.3 is 5.69 Å². The number of benzene rings is 2. The molecule has 0 radical (unpaired) electrons. The van der Waals surface area contributed by atoms with E-state index in [0.29, 0.717) is 23.2 Å². The minimum atomic E-state index is -0.535. The van der Waals surface area contributed by atoms with Gasteiger partial charge in [-0.05, 0) is 44.2 Å². The molecule has 152 valence electrons. The van der Waals surface area contributed by atoms with E-state index >= 15 is 0 Å². The normalized spacial score (nSPS) is 17.4. The molecule has 8 nitrogen and oxygen atoms in total. The molecule has 1 fully saturated rings. The molecule has 2 aromatic rings. The number of hydrogen-bond donors (Lipinski definition) is 0. The van der Waals surface area contributed by atoms with Crippen LogP contribution in [-0.2, 0) is 4.79 Å². The van der Waals surface area contributed by atoms with Gasteiger partial charge in [0.2, 0.25) is 0 Å². The summed E-state index contributed by atoms with van der Waals surface area (Å²) in [6, 6.07) is 13.2. The third-order valence-corrected chi connectivity index (χ3v) is 5.35. The Bertz CT molecular complexity index is 917. The predicted octanol–water partition coefficient (Wildman–Crippen LogP) is 4.02. The van der Waals surface area contributed by atoms with Crippen LogP contribution in [0.4, 0.5) is 11.4 Å². The SMILES string of the molecule is CCOc1ccc(N=C2SC[C@H](C)N2C(=O)COc2ccccc2[N+](=O)[O-])cc1. The molecule has 0 unspecified atom stereocenters. The number of aliphatic imine (C=N–C) groups is 1. The van der Waals surface area contributed by atoms with E-state index in [-0.39, 0.29) is 30.0 Å². The Kier molecular flexibility index (Phi) is 6.71. The molecule has 9 heteroatoms. The summed E-state index contributed by atoms with van der Waals surface area (Å²) >= 11 is 1.49. The van der Waals surface area contributed by atoms with Crippen molar-refractivity contribution in [2.75, 3.05) is 19.0 Å². The summed E-state index contributed by atoms with van der Waals surface area (Å²) in [6.07, 6.45) is 0. The first-order valence-electron chi connectivity index (χ1n) is 9.12. The number of thioether (sulfide) groups is 1. The van der Waals surface area contributed by atoms with Crippen LogP contribution < -0.4 is 9.47 Å². The van der Waals surface area contributed by atoms with E-state index < -0.39 is 4.92 Å². The van der Waals surface area contributed by atoms with Crippen LogP contribution >= 0.6 is 11.8 Å². The highest BCUT2D eigenvalue weighted by atomic mass is 32.2. The number of rotatable bonds is 7. The van der Waals surface area contributed by atoms with Gasteiger partial charge in [0, 0.05) is 17.9 Å². The molecule has 1 saturated heterocycles. The third-order valence-electron chi connectivity index (χ3n) is 4.15. The zero-order chi connectivity index (χ0) is 20.8. The quantitative estimate of drug-likeness (QED) is 0.501. The molecule has 0 aliphatic carbocycles. The lowest BCUT2D eigenvalue weighted by Gasteiger charge is -2.21. The topological polar surface area (TPSA) is 94.3 Å². The number of amidine groups is 1. The van der Waals surface area contributed by atoms with Crippen molar-refractivity contribution in [1.29, 1.82) is 0 Å². The van der Waals surface area contributed by atoms with Gasteiger partial charge in [0.1, 0.15) is 5.75 Å². The molecule has 3 rings (SSSR count). The number of hydrogen-bond acceptors (Lipinski definition) is 7. The van der Waals surface area contributed by atoms with Gasteiger partial charge in [-0.3, -0.25) is 19.8 Å². The molecular weight excluding hydrogens is 394 g/mol. The van der Waals surface area contributed by atoms with Gasteiger partial charge in [-0.25, -0.2) is 4.99 Å². The minimum absolute atomic E-state index is 0.0525. The first-order chi connectivity index (χ1) is 14.0. The van der Waals surface area contributed by atoms with Crippen molar-refractivity contribution in [1.82, 2.24) is 4.90 Å². The Morgan fingerprint density at radius 3 is 2.66 bits per heavy atom. The van der Waals surface area contributed by atoms with Gasteiger partial charge in [-0.1, -0.05) is 23.9 Å². The Labute approximate surface area is 172 Å². The van der Waals surface area contributed by atoms with Crippen LogP contribution in [0.3, 0.4) is 0 Å². The van der Waals surface area contributed by atoms with Crippen molar-refractivity contribution < 1.29 is 19.2 Å². The van der Waals surface area contributed by atoms with Gasteiger partial charge in [0.25, 0.3) is 5.91 Å². The Balaban J connectivity index is 1.72. The Morgan fingerprint density at radius 2 is 1.97 bits per heavy atom. The maximum atomic E-state index is 12.8. The Morgan fingerprint density at radius 1 is 1.24 bits per heavy atom. The largest absolute Gasteiger partial charge is 0.494 e. The molecule has 0 spiro atoms. The maximum absolute atomic E-state index is 12.8. The average Bonchev–Trinajstić information content (AvgIpc) is 3.08. The second kappa shape index (κ2) is 9.42. The van der Waals surface area contributed by atoms with Gasteiger partial charge in [-0.15, -0.1) is 0 Å². The summed E-state index contributed by atoms with van der Waals surface area (Å²) in [5.74, 6) is 1.24. The highest BCUT2D eigenvalue weighted by molar-refractivity contribution is 8.14. The fourth-order valence-corrected chi connectivity index (χ4v) is 3.93. The van der Waals surface area contributed by atoms with Crippen LogP contribution in [0.1, 0.15) is 13.8 Å². The molecule has 1 atom stereocenters. The van der Waals surface area contributed by atoms with E-state index in [2.05, 4.69) is 4.99 Å². The van der Waals surface area contributed by atoms with E-state index in [1.807, 2.05) is 38.1 Å². The van der Waals surface area contributed by atoms with Crippen molar-refractivity contribution in [3.63, 3.8) is 0 Å². The number of carbonyl (C=O) groups is 1. The molecular formula is C20H21N3O5S. The molecule has 1 aliphatic rings. The molecule has 0 bridgehead atoms. The van der Waals surface area contributed by atoms with Crippen LogP contribution in [-0.4, -0.2) is 45.9 Å². The smallest absolute Gasteiger partial charge is 0.310 e. The van der Waals surface area contributed by atoms with Gasteiger partial charge in [-0.2, -0.15) is 0 Å². The van der Waals surface area contributed by atoms with E-state index in [1.165, 1.54) is 23.9 Å². The zero-order valence-electron chi connectivity index (χ0n) is 16.1. The number of amides is 1. The van der Waals surface area contributed by atoms with Gasteiger partial charge in [0.15, 0.2) is 17.5 Å². The lowest BCUT2D eigenvalue weighted by molar-refractivity contribution is -0.385. The summed E-state index contributed by atoms with van der Waals surface area (Å²) in [6.45, 7) is 4.12. The molecule has 29 heavy (non-hydrogen) atoms. The molecule has 1 aliphatic heterocycles. The molecule has 0 aromatic heterocycles. The number of nitro groups is 1. The van der Waals surface area contributed by atoms with E-state index in [9.17, 15) is 14.9 Å². The van der Waals surface area contributed by atoms with Gasteiger partial charge in [0.05, 0.1) is 17.2 Å². The maximum Gasteiger partial charge on any atom is 0.310 e. The summed E-state index contributed by atoms with van der Waals surface area (Å²) in [5.41, 5.74) is 0.537. The third kappa shape index (κ3) is 5.05. The first kappa shape index (κ1) is 20.7. The van der Waals surface area contributed by atoms with Gasteiger partial charge < -0.3 is 9.47 Å². The number of nitro benzene ring substituents is 1. The number of nitrogens with zero attached hydrogens (tertiary/aromatic N) is 3. The van der Waals surface area contributed by atoms with Crippen molar-refractivity contribution in [2.24, 2.45) is 4.99 Å². The number of para-hydroxylation sites is 2. The van der Waals surface area contributed by atoms with Crippen molar-refractivity contribution in [2.45, 2.75) is 19.9 Å². The van der Waals surface area contributed by atoms with E-state index in [1.54, 1.807) is 17.0 Å². The molecule has 1 heterocycles. The van der Waals surface area contributed by atoms with Crippen molar-refractivity contribution in [3.8, 4) is 11.5 Å². The van der Waals surface area contributed by atoms with E-state index in [4.69, 9.17) is 9.47 Å². The summed E-state index contributed by atoms with van der Waals surface area (Å²) in [4.78, 5) is 29.5. The zero-order valence-corrected chi connectivity index (χ0v) is 16.9. The molecule has 2 aromatic carbocycles. The van der Waals surface area contributed by atoms with E-state index in [0.717, 1.165) is 5.75 Å². The Hall–Kier alpha value is -3.07. The number of carbonyl (C=O) groups excluding carboxylic acids is 1. The lowest BCUT2D eigenvalue weighted by atomic mass is 10.3. The van der Waals surface area contributed by atoms with Crippen LogP contribution in [0.15, 0.2) is 53.5 Å². The second-order valence-corrected chi connectivity index (χ2v) is 7.25. The fourth-order valence-electron chi connectivity index (χ4n) is 2.80. The molecule has 1 amide bonds. The van der Waals surface area contributed by atoms with Crippen LogP contribution in [0, 0.1) is 10.1 Å². The second-order valence-electron chi connectivity index (χ2n) is 6.26.